The molecular formula is C16H14FN3O4. The fourth-order valence-corrected chi connectivity index (χ4v) is 2.12. The largest absolute Gasteiger partial charge is 0.478 e. The fourth-order valence-electron chi connectivity index (χ4n) is 2.12. The van der Waals surface area contributed by atoms with Crippen LogP contribution in [-0.4, -0.2) is 34.3 Å². The van der Waals surface area contributed by atoms with Crippen LogP contribution in [0.3, 0.4) is 0 Å². The number of nitro benzene ring substituents is 1. The first-order chi connectivity index (χ1) is 11.4. The second-order valence-corrected chi connectivity index (χ2v) is 4.98. The van der Waals surface area contributed by atoms with Crippen LogP contribution in [0.15, 0.2) is 47.6 Å². The maximum absolute atomic E-state index is 13.4. The molecule has 0 amide bonds. The third-order valence-corrected chi connectivity index (χ3v) is 3.21. The molecule has 0 unspecified atom stereocenters. The van der Waals surface area contributed by atoms with Crippen molar-refractivity contribution in [1.29, 1.82) is 0 Å². The van der Waals surface area contributed by atoms with Crippen molar-refractivity contribution >= 4 is 17.9 Å². The molecule has 0 saturated heterocycles. The molecule has 2 rings (SSSR count). The van der Waals surface area contributed by atoms with Crippen molar-refractivity contribution in [2.24, 2.45) is 5.10 Å². The number of carbonyl (C=O) groups is 1. The van der Waals surface area contributed by atoms with E-state index in [9.17, 15) is 24.4 Å². The summed E-state index contributed by atoms with van der Waals surface area (Å²) in [4.78, 5) is 21.6. The number of nitrogens with zero attached hydrogens (tertiary/aromatic N) is 3. The fraction of sp³-hybridized carbons (Fsp3) is 0.125. The van der Waals surface area contributed by atoms with Gasteiger partial charge in [0.2, 0.25) is 0 Å². The van der Waals surface area contributed by atoms with Crippen LogP contribution in [0.5, 0.6) is 0 Å². The van der Waals surface area contributed by atoms with Gasteiger partial charge < -0.3 is 5.11 Å². The third kappa shape index (κ3) is 4.13. The Bertz CT molecular complexity index is 758. The number of hydrazone groups is 1. The van der Waals surface area contributed by atoms with E-state index in [-0.39, 0.29) is 12.1 Å². The highest BCUT2D eigenvalue weighted by atomic mass is 19.1. The lowest BCUT2D eigenvalue weighted by atomic mass is 10.0. The topological polar surface area (TPSA) is 96.0 Å². The molecule has 2 aromatic rings. The Morgan fingerprint density at radius 2 is 2.04 bits per heavy atom. The average Bonchev–Trinajstić information content (AvgIpc) is 2.54. The first kappa shape index (κ1) is 17.1. The second kappa shape index (κ2) is 7.32. The molecule has 0 heterocycles. The molecule has 8 heteroatoms. The van der Waals surface area contributed by atoms with Crippen molar-refractivity contribution in [3.8, 4) is 0 Å². The van der Waals surface area contributed by atoms with Gasteiger partial charge in [-0.05, 0) is 11.6 Å². The van der Waals surface area contributed by atoms with Crippen LogP contribution in [0, 0.1) is 15.9 Å². The van der Waals surface area contributed by atoms with Crippen LogP contribution < -0.4 is 0 Å². The van der Waals surface area contributed by atoms with E-state index in [0.29, 0.717) is 6.07 Å². The minimum Gasteiger partial charge on any atom is -0.478 e. The van der Waals surface area contributed by atoms with Crippen molar-refractivity contribution in [2.75, 3.05) is 7.05 Å². The Hall–Kier alpha value is -3.29. The van der Waals surface area contributed by atoms with Gasteiger partial charge in [-0.25, -0.2) is 9.18 Å². The highest BCUT2D eigenvalue weighted by Crippen LogP contribution is 2.26. The first-order valence-electron chi connectivity index (χ1n) is 6.88. The Labute approximate surface area is 136 Å². The summed E-state index contributed by atoms with van der Waals surface area (Å²) in [5.74, 6) is -2.41. The zero-order valence-electron chi connectivity index (χ0n) is 12.7. The van der Waals surface area contributed by atoms with Gasteiger partial charge in [0.05, 0.1) is 34.9 Å². The second-order valence-electron chi connectivity index (χ2n) is 4.98. The third-order valence-electron chi connectivity index (χ3n) is 3.21. The monoisotopic (exact) mass is 331 g/mol. The first-order valence-corrected chi connectivity index (χ1v) is 6.88. The lowest BCUT2D eigenvalue weighted by Gasteiger charge is -2.15. The van der Waals surface area contributed by atoms with E-state index in [1.807, 2.05) is 30.3 Å². The van der Waals surface area contributed by atoms with E-state index in [4.69, 9.17) is 0 Å². The van der Waals surface area contributed by atoms with Crippen molar-refractivity contribution in [3.05, 3.63) is 75.1 Å². The van der Waals surface area contributed by atoms with E-state index < -0.39 is 28.0 Å². The zero-order valence-corrected chi connectivity index (χ0v) is 12.7. The Morgan fingerprint density at radius 1 is 1.38 bits per heavy atom. The van der Waals surface area contributed by atoms with Gasteiger partial charge in [-0.15, -0.1) is 0 Å². The van der Waals surface area contributed by atoms with Gasteiger partial charge >= 0.3 is 5.97 Å². The normalized spacial score (nSPS) is 10.8. The van der Waals surface area contributed by atoms with Crippen molar-refractivity contribution in [1.82, 2.24) is 5.01 Å². The van der Waals surface area contributed by atoms with Gasteiger partial charge in [0.25, 0.3) is 5.69 Å². The van der Waals surface area contributed by atoms with E-state index in [1.54, 1.807) is 0 Å². The molecule has 0 aromatic heterocycles. The van der Waals surface area contributed by atoms with Crippen LogP contribution >= 0.6 is 0 Å². The number of benzene rings is 2. The van der Waals surface area contributed by atoms with Crippen LogP contribution in [0.25, 0.3) is 0 Å². The highest BCUT2D eigenvalue weighted by molar-refractivity contribution is 5.90. The SMILES string of the molecule is CN(Cc1c(C(=O)O)cc(F)cc1[N+](=O)[O-])N=Cc1ccccc1. The molecule has 0 aliphatic heterocycles. The summed E-state index contributed by atoms with van der Waals surface area (Å²) < 4.78 is 13.4. The molecular weight excluding hydrogens is 317 g/mol. The Morgan fingerprint density at radius 3 is 2.62 bits per heavy atom. The molecule has 0 aliphatic carbocycles. The van der Waals surface area contributed by atoms with Crippen LogP contribution in [0.2, 0.25) is 0 Å². The number of hydrogen-bond acceptors (Lipinski definition) is 5. The van der Waals surface area contributed by atoms with Gasteiger partial charge in [-0.3, -0.25) is 15.1 Å². The van der Waals surface area contributed by atoms with E-state index in [0.717, 1.165) is 11.6 Å². The quantitative estimate of drug-likeness (QED) is 0.499. The predicted molar refractivity (Wildman–Crippen MR) is 85.5 cm³/mol. The molecule has 0 fully saturated rings. The van der Waals surface area contributed by atoms with Gasteiger partial charge in [-0.1, -0.05) is 30.3 Å². The molecule has 2 aromatic carbocycles. The van der Waals surface area contributed by atoms with E-state index in [2.05, 4.69) is 5.10 Å². The Balaban J connectivity index is 2.32. The minimum absolute atomic E-state index is 0.110. The lowest BCUT2D eigenvalue weighted by molar-refractivity contribution is -0.385. The maximum Gasteiger partial charge on any atom is 0.336 e. The molecule has 0 aliphatic rings. The van der Waals surface area contributed by atoms with Gasteiger partial charge in [0.15, 0.2) is 0 Å². The number of rotatable bonds is 6. The highest BCUT2D eigenvalue weighted by Gasteiger charge is 2.24. The van der Waals surface area contributed by atoms with Gasteiger partial charge in [0.1, 0.15) is 5.82 Å². The molecule has 1 N–H and O–H groups in total. The zero-order chi connectivity index (χ0) is 17.7. The molecule has 24 heavy (non-hydrogen) atoms. The number of carboxylic acids is 1. The summed E-state index contributed by atoms with van der Waals surface area (Å²) >= 11 is 0. The number of halogens is 1. The average molecular weight is 331 g/mol. The molecule has 0 bridgehead atoms. The van der Waals surface area contributed by atoms with Crippen molar-refractivity contribution in [2.45, 2.75) is 6.54 Å². The molecule has 124 valence electrons. The summed E-state index contributed by atoms with van der Waals surface area (Å²) in [6.45, 7) is -0.151. The van der Waals surface area contributed by atoms with Gasteiger partial charge in [0, 0.05) is 7.05 Å². The lowest BCUT2D eigenvalue weighted by Crippen LogP contribution is -2.16. The number of carboxylic acid groups (broad SMARTS) is 1. The van der Waals surface area contributed by atoms with E-state index in [1.165, 1.54) is 18.3 Å². The summed E-state index contributed by atoms with van der Waals surface area (Å²) in [5.41, 5.74) is -0.337. The molecule has 0 radical (unpaired) electrons. The number of hydrogen-bond donors (Lipinski definition) is 1. The number of aromatic carboxylic acids is 1. The molecule has 0 saturated carbocycles. The summed E-state index contributed by atoms with van der Waals surface area (Å²) in [6.07, 6.45) is 1.54. The minimum atomic E-state index is -1.44. The molecule has 0 atom stereocenters. The maximum atomic E-state index is 13.4. The van der Waals surface area contributed by atoms with Crippen molar-refractivity contribution < 1.29 is 19.2 Å². The summed E-state index contributed by atoms with van der Waals surface area (Å²) in [6, 6.07) is 10.6. The van der Waals surface area contributed by atoms with Crippen LogP contribution in [0.4, 0.5) is 10.1 Å². The Kier molecular flexibility index (Phi) is 5.20. The summed E-state index contributed by atoms with van der Waals surface area (Å²) in [5, 5.41) is 25.7. The standard InChI is InChI=1S/C16H14FN3O4/c1-19(18-9-11-5-3-2-4-6-11)10-14-13(16(21)22)7-12(17)8-15(14)20(23)24/h2-9H,10H2,1H3,(H,21,22). The van der Waals surface area contributed by atoms with Crippen LogP contribution in [-0.2, 0) is 6.54 Å². The summed E-state index contributed by atoms with van der Waals surface area (Å²) in [7, 11) is 1.54. The van der Waals surface area contributed by atoms with Gasteiger partial charge in [-0.2, -0.15) is 5.10 Å². The predicted octanol–water partition coefficient (Wildman–Crippen LogP) is 2.90. The van der Waals surface area contributed by atoms with Crippen molar-refractivity contribution in [3.63, 3.8) is 0 Å². The van der Waals surface area contributed by atoms with Crippen LogP contribution in [0.1, 0.15) is 21.5 Å². The van der Waals surface area contributed by atoms with E-state index >= 15 is 0 Å². The molecule has 0 spiro atoms. The molecule has 7 nitrogen and oxygen atoms in total. The smallest absolute Gasteiger partial charge is 0.336 e. The number of nitro groups is 1.